The second-order valence-electron chi connectivity index (χ2n) is 6.10. The van der Waals surface area contributed by atoms with E-state index in [1.54, 1.807) is 18.2 Å². The molecule has 0 radical (unpaired) electrons. The molecule has 0 saturated heterocycles. The molecule has 0 amide bonds. The molecule has 0 spiro atoms. The van der Waals surface area contributed by atoms with E-state index in [2.05, 4.69) is 0 Å². The fourth-order valence-corrected chi connectivity index (χ4v) is 4.16. The van der Waals surface area contributed by atoms with Crippen molar-refractivity contribution in [3.8, 4) is 28.2 Å². The lowest BCUT2D eigenvalue weighted by Gasteiger charge is -2.19. The van der Waals surface area contributed by atoms with Crippen molar-refractivity contribution in [3.63, 3.8) is 0 Å². The molecule has 0 aromatic heterocycles. The molecule has 0 unspecified atom stereocenters. The van der Waals surface area contributed by atoms with Crippen molar-refractivity contribution in [3.05, 3.63) is 72.3 Å². The number of halogens is 4. The molecule has 5 nitrogen and oxygen atoms in total. The molecule has 1 aliphatic heterocycles. The van der Waals surface area contributed by atoms with Crippen LogP contribution in [0, 0.1) is 0 Å². The van der Waals surface area contributed by atoms with Gasteiger partial charge in [-0.05, 0) is 23.8 Å². The van der Waals surface area contributed by atoms with Gasteiger partial charge in [0, 0.05) is 16.5 Å². The Morgan fingerprint density at radius 2 is 1.62 bits per heavy atom. The molecule has 2 aliphatic rings. The van der Waals surface area contributed by atoms with Crippen LogP contribution in [0.1, 0.15) is 10.4 Å². The molecule has 4 rings (SSSR count). The maximum atomic E-state index is 12.2. The highest BCUT2D eigenvalue weighted by Gasteiger charge is 2.27. The van der Waals surface area contributed by atoms with Crippen molar-refractivity contribution < 1.29 is 19.4 Å². The standard InChI is InChI=1S/C20H8Cl4O5/c21-11-5-9-13(7-3-1-2-4-8(7)20(27)28)10-6-12(22)17(26)15(24)19(10)29-18(9)14(23)16(11)25/h1-6,25H,(H,27,28). The Hall–Kier alpha value is -2.44. The smallest absolute Gasteiger partial charge is 0.336 e. The van der Waals surface area contributed by atoms with E-state index in [-0.39, 0.29) is 37.0 Å². The minimum atomic E-state index is -1.17. The van der Waals surface area contributed by atoms with Crippen LogP contribution in [0.15, 0.2) is 45.6 Å². The minimum absolute atomic E-state index is 0.0138. The van der Waals surface area contributed by atoms with Gasteiger partial charge in [-0.3, -0.25) is 4.79 Å². The first-order valence-electron chi connectivity index (χ1n) is 8.00. The van der Waals surface area contributed by atoms with Crippen molar-refractivity contribution in [2.75, 3.05) is 0 Å². The summed E-state index contributed by atoms with van der Waals surface area (Å²) >= 11 is 24.5. The van der Waals surface area contributed by atoms with Crippen molar-refractivity contribution in [2.45, 2.75) is 0 Å². The number of carboxylic acid groups (broad SMARTS) is 1. The van der Waals surface area contributed by atoms with E-state index in [0.717, 1.165) is 0 Å². The molecular weight excluding hydrogens is 462 g/mol. The Kier molecular flexibility index (Phi) is 4.87. The third-order valence-electron chi connectivity index (χ3n) is 4.45. The number of fused-ring (bicyclic) bond motifs is 2. The third kappa shape index (κ3) is 3.02. The SMILES string of the molecule is O=C(O)c1ccccc1-c1c2cc(Cl)c(=O)c(Cl)c-2oc2c(Cl)c(O)c(Cl)cc12. The lowest BCUT2D eigenvalue weighted by Crippen LogP contribution is -2.07. The van der Waals surface area contributed by atoms with Crippen molar-refractivity contribution in [2.24, 2.45) is 0 Å². The average Bonchev–Trinajstić information content (AvgIpc) is 2.69. The van der Waals surface area contributed by atoms with E-state index >= 15 is 0 Å². The molecule has 0 fully saturated rings. The van der Waals surface area contributed by atoms with Gasteiger partial charge in [-0.25, -0.2) is 4.79 Å². The summed E-state index contributed by atoms with van der Waals surface area (Å²) in [5.41, 5.74) is 0.246. The monoisotopic (exact) mass is 468 g/mol. The molecule has 0 saturated carbocycles. The zero-order chi connectivity index (χ0) is 21.0. The predicted molar refractivity (Wildman–Crippen MR) is 113 cm³/mol. The molecular formula is C20H8Cl4O5. The molecule has 2 aromatic carbocycles. The maximum Gasteiger partial charge on any atom is 0.336 e. The quantitative estimate of drug-likeness (QED) is 0.323. The molecule has 2 N–H and O–H groups in total. The van der Waals surface area contributed by atoms with Gasteiger partial charge in [0.1, 0.15) is 10.0 Å². The number of aromatic hydroxyl groups is 1. The zero-order valence-corrected chi connectivity index (χ0v) is 17.1. The second kappa shape index (κ2) is 7.11. The largest absolute Gasteiger partial charge is 0.505 e. The van der Waals surface area contributed by atoms with Crippen molar-refractivity contribution in [1.29, 1.82) is 0 Å². The van der Waals surface area contributed by atoms with Crippen LogP contribution in [-0.4, -0.2) is 16.2 Å². The van der Waals surface area contributed by atoms with E-state index < -0.39 is 17.1 Å². The van der Waals surface area contributed by atoms with Gasteiger partial charge in [0.15, 0.2) is 17.1 Å². The Morgan fingerprint density at radius 3 is 2.31 bits per heavy atom. The number of benzene rings is 3. The third-order valence-corrected chi connectivity index (χ3v) is 5.71. The lowest BCUT2D eigenvalue weighted by molar-refractivity contribution is 0.0697. The van der Waals surface area contributed by atoms with Gasteiger partial charge in [-0.1, -0.05) is 64.6 Å². The van der Waals surface area contributed by atoms with Crippen LogP contribution in [0.5, 0.6) is 5.75 Å². The summed E-state index contributed by atoms with van der Waals surface area (Å²) in [5.74, 6) is -1.64. The van der Waals surface area contributed by atoms with Gasteiger partial charge in [0.25, 0.3) is 0 Å². The summed E-state index contributed by atoms with van der Waals surface area (Å²) in [6, 6.07) is 8.97. The highest BCUT2D eigenvalue weighted by atomic mass is 35.5. The molecule has 0 atom stereocenters. The lowest BCUT2D eigenvalue weighted by atomic mass is 9.90. The highest BCUT2D eigenvalue weighted by molar-refractivity contribution is 6.41. The number of phenols is 1. The normalized spacial score (nSPS) is 11.3. The van der Waals surface area contributed by atoms with Crippen LogP contribution in [0.2, 0.25) is 20.1 Å². The molecule has 1 aliphatic carbocycles. The molecule has 146 valence electrons. The van der Waals surface area contributed by atoms with Gasteiger partial charge in [0.2, 0.25) is 5.43 Å². The highest BCUT2D eigenvalue weighted by Crippen LogP contribution is 2.48. The molecule has 2 aromatic rings. The van der Waals surface area contributed by atoms with Crippen LogP contribution in [0.3, 0.4) is 0 Å². The predicted octanol–water partition coefficient (Wildman–Crippen LogP) is 6.58. The molecule has 0 bridgehead atoms. The van der Waals surface area contributed by atoms with Crippen LogP contribution in [0.25, 0.3) is 33.4 Å². The van der Waals surface area contributed by atoms with Crippen LogP contribution < -0.4 is 5.43 Å². The first kappa shape index (κ1) is 19.9. The summed E-state index contributed by atoms with van der Waals surface area (Å²) in [6.07, 6.45) is 0. The Morgan fingerprint density at radius 1 is 0.931 bits per heavy atom. The fourth-order valence-electron chi connectivity index (χ4n) is 3.17. The first-order valence-corrected chi connectivity index (χ1v) is 9.51. The number of hydrogen-bond donors (Lipinski definition) is 2. The van der Waals surface area contributed by atoms with E-state index in [1.165, 1.54) is 18.2 Å². The summed E-state index contributed by atoms with van der Waals surface area (Å²) in [7, 11) is 0. The first-order chi connectivity index (χ1) is 13.7. The van der Waals surface area contributed by atoms with E-state index in [0.29, 0.717) is 22.1 Å². The van der Waals surface area contributed by atoms with Gasteiger partial charge in [0.05, 0.1) is 15.6 Å². The van der Waals surface area contributed by atoms with Crippen molar-refractivity contribution >= 4 is 63.3 Å². The van der Waals surface area contributed by atoms with E-state index in [1.807, 2.05) is 0 Å². The Labute approximate surface area is 183 Å². The average molecular weight is 470 g/mol. The summed E-state index contributed by atoms with van der Waals surface area (Å²) < 4.78 is 5.75. The fraction of sp³-hybridized carbons (Fsp3) is 0. The van der Waals surface area contributed by atoms with Gasteiger partial charge >= 0.3 is 5.97 Å². The molecule has 9 heteroatoms. The minimum Gasteiger partial charge on any atom is -0.505 e. The summed E-state index contributed by atoms with van der Waals surface area (Å²) in [5, 5.41) is 19.4. The summed E-state index contributed by atoms with van der Waals surface area (Å²) in [4.78, 5) is 24.1. The second-order valence-corrected chi connectivity index (χ2v) is 7.67. The van der Waals surface area contributed by atoms with Crippen molar-refractivity contribution in [1.82, 2.24) is 0 Å². The van der Waals surface area contributed by atoms with Gasteiger partial charge in [-0.2, -0.15) is 0 Å². The number of hydrogen-bond acceptors (Lipinski definition) is 4. The topological polar surface area (TPSA) is 87.7 Å². The molecule has 1 heterocycles. The number of rotatable bonds is 2. The van der Waals surface area contributed by atoms with Crippen LogP contribution in [-0.2, 0) is 0 Å². The summed E-state index contributed by atoms with van der Waals surface area (Å²) in [6.45, 7) is 0. The Bertz CT molecular complexity index is 1360. The Balaban J connectivity index is 2.34. The number of aromatic carboxylic acids is 1. The number of phenolic OH excluding ortho intramolecular Hbond substituents is 1. The zero-order valence-electron chi connectivity index (χ0n) is 14.1. The van der Waals surface area contributed by atoms with Crippen LogP contribution in [0.4, 0.5) is 0 Å². The van der Waals surface area contributed by atoms with E-state index in [4.69, 9.17) is 50.8 Å². The van der Waals surface area contributed by atoms with Crippen LogP contribution >= 0.6 is 46.4 Å². The molecule has 29 heavy (non-hydrogen) atoms. The van der Waals surface area contributed by atoms with Gasteiger partial charge < -0.3 is 14.6 Å². The number of carbonyl (C=O) groups is 1. The number of carboxylic acids is 1. The van der Waals surface area contributed by atoms with Gasteiger partial charge in [-0.15, -0.1) is 0 Å². The maximum absolute atomic E-state index is 12.2. The van der Waals surface area contributed by atoms with E-state index in [9.17, 15) is 19.8 Å².